The Morgan fingerprint density at radius 1 is 1.29 bits per heavy atom. The molecule has 0 aromatic carbocycles. The number of carbonyl (C=O) groups excluding carboxylic acids is 1. The number of H-pyrrole nitrogens is 1. The molecule has 8 nitrogen and oxygen atoms in total. The van der Waals surface area contributed by atoms with Crippen molar-refractivity contribution in [2.75, 3.05) is 32.1 Å². The minimum atomic E-state index is -0.179. The lowest BCUT2D eigenvalue weighted by Crippen LogP contribution is -2.34. The largest absolute Gasteiger partial charge is 0.369 e. The van der Waals surface area contributed by atoms with E-state index in [4.69, 9.17) is 0 Å². The van der Waals surface area contributed by atoms with E-state index >= 15 is 0 Å². The SMILES string of the molecule is CCc1cc2ncc(CN(C)C3CCN(c4ccc(C(=O)NC)nc4)C3)cc2[nH]c1=O. The number of aromatic nitrogens is 3. The minimum Gasteiger partial charge on any atom is -0.369 e. The molecule has 31 heavy (non-hydrogen) atoms. The molecular formula is C23H28N6O2. The molecule has 1 fully saturated rings. The van der Waals surface area contributed by atoms with Gasteiger partial charge in [0.05, 0.1) is 22.9 Å². The summed E-state index contributed by atoms with van der Waals surface area (Å²) in [5.41, 5.74) is 4.85. The number of hydrogen-bond acceptors (Lipinski definition) is 6. The molecule has 4 rings (SSSR count). The van der Waals surface area contributed by atoms with Crippen LogP contribution in [0, 0.1) is 0 Å². The molecule has 1 unspecified atom stereocenters. The number of aryl methyl sites for hydroxylation is 1. The molecule has 1 saturated heterocycles. The first-order valence-corrected chi connectivity index (χ1v) is 10.6. The molecule has 1 atom stereocenters. The molecule has 4 heterocycles. The number of amides is 1. The summed E-state index contributed by atoms with van der Waals surface area (Å²) >= 11 is 0. The van der Waals surface area contributed by atoms with E-state index in [0.29, 0.717) is 18.2 Å². The summed E-state index contributed by atoms with van der Waals surface area (Å²) in [5, 5.41) is 2.59. The van der Waals surface area contributed by atoms with E-state index in [1.54, 1.807) is 19.3 Å². The Morgan fingerprint density at radius 2 is 2.13 bits per heavy atom. The zero-order chi connectivity index (χ0) is 22.0. The van der Waals surface area contributed by atoms with E-state index in [1.165, 1.54) is 0 Å². The maximum Gasteiger partial charge on any atom is 0.269 e. The van der Waals surface area contributed by atoms with E-state index in [2.05, 4.69) is 37.1 Å². The Morgan fingerprint density at radius 3 is 2.84 bits per heavy atom. The number of nitrogens with zero attached hydrogens (tertiary/aromatic N) is 4. The van der Waals surface area contributed by atoms with Gasteiger partial charge < -0.3 is 15.2 Å². The van der Waals surface area contributed by atoms with Crippen LogP contribution in [0.1, 0.15) is 35.0 Å². The van der Waals surface area contributed by atoms with Crippen molar-refractivity contribution in [3.05, 3.63) is 63.8 Å². The van der Waals surface area contributed by atoms with Crippen LogP contribution in [0.3, 0.4) is 0 Å². The van der Waals surface area contributed by atoms with Crippen molar-refractivity contribution in [1.29, 1.82) is 0 Å². The van der Waals surface area contributed by atoms with Crippen LogP contribution in [0.2, 0.25) is 0 Å². The summed E-state index contributed by atoms with van der Waals surface area (Å²) in [4.78, 5) is 40.2. The van der Waals surface area contributed by atoms with Crippen molar-refractivity contribution in [1.82, 2.24) is 25.2 Å². The number of carbonyl (C=O) groups is 1. The van der Waals surface area contributed by atoms with E-state index in [0.717, 1.165) is 53.9 Å². The highest BCUT2D eigenvalue weighted by Gasteiger charge is 2.26. The minimum absolute atomic E-state index is 0.0372. The number of hydrogen-bond donors (Lipinski definition) is 2. The second-order valence-corrected chi connectivity index (χ2v) is 8.04. The molecule has 1 aliphatic heterocycles. The van der Waals surface area contributed by atoms with Crippen molar-refractivity contribution in [3.63, 3.8) is 0 Å². The summed E-state index contributed by atoms with van der Waals surface area (Å²) in [7, 11) is 3.72. The van der Waals surface area contributed by atoms with Crippen molar-refractivity contribution >= 4 is 22.6 Å². The highest BCUT2D eigenvalue weighted by molar-refractivity contribution is 5.92. The third kappa shape index (κ3) is 4.44. The molecule has 0 saturated carbocycles. The number of pyridine rings is 3. The van der Waals surface area contributed by atoms with Crippen LogP contribution in [0.5, 0.6) is 0 Å². The Labute approximate surface area is 181 Å². The van der Waals surface area contributed by atoms with Crippen LogP contribution in [0.15, 0.2) is 41.5 Å². The third-order valence-corrected chi connectivity index (χ3v) is 6.00. The van der Waals surface area contributed by atoms with Gasteiger partial charge in [0, 0.05) is 44.5 Å². The topological polar surface area (TPSA) is 94.2 Å². The van der Waals surface area contributed by atoms with Gasteiger partial charge in [-0.1, -0.05) is 6.92 Å². The van der Waals surface area contributed by atoms with Crippen LogP contribution in [-0.2, 0) is 13.0 Å². The Balaban J connectivity index is 1.42. The molecular weight excluding hydrogens is 392 g/mol. The molecule has 0 radical (unpaired) electrons. The summed E-state index contributed by atoms with van der Waals surface area (Å²) in [6.07, 6.45) is 5.40. The van der Waals surface area contributed by atoms with Gasteiger partial charge in [-0.25, -0.2) is 4.98 Å². The van der Waals surface area contributed by atoms with Gasteiger partial charge >= 0.3 is 0 Å². The van der Waals surface area contributed by atoms with Crippen molar-refractivity contribution in [2.24, 2.45) is 0 Å². The summed E-state index contributed by atoms with van der Waals surface area (Å²) in [5.74, 6) is -0.179. The molecule has 1 aliphatic rings. The van der Waals surface area contributed by atoms with Gasteiger partial charge in [0.2, 0.25) is 0 Å². The average molecular weight is 421 g/mol. The van der Waals surface area contributed by atoms with E-state index in [9.17, 15) is 9.59 Å². The second kappa shape index (κ2) is 8.85. The van der Waals surface area contributed by atoms with Crippen molar-refractivity contribution < 1.29 is 4.79 Å². The third-order valence-electron chi connectivity index (χ3n) is 6.00. The molecule has 0 aliphatic carbocycles. The Hall–Kier alpha value is -3.26. The number of rotatable bonds is 6. The van der Waals surface area contributed by atoms with Gasteiger partial charge in [0.25, 0.3) is 11.5 Å². The number of aromatic amines is 1. The standard InChI is InChI=1S/C23H28N6O2/c1-4-16-10-20-21(27-22(16)30)9-15(11-25-20)13-28(3)18-7-8-29(14-18)17-5-6-19(26-12-17)23(31)24-2/h5-6,9-12,18H,4,7-8,13-14H2,1-3H3,(H,24,31)(H,27,30). The van der Waals surface area contributed by atoms with Gasteiger partial charge in [0.1, 0.15) is 5.69 Å². The van der Waals surface area contributed by atoms with Crippen LogP contribution >= 0.6 is 0 Å². The van der Waals surface area contributed by atoms with Gasteiger partial charge in [-0.05, 0) is 49.7 Å². The van der Waals surface area contributed by atoms with Crippen molar-refractivity contribution in [3.8, 4) is 0 Å². The molecule has 1 amide bonds. The van der Waals surface area contributed by atoms with Crippen LogP contribution < -0.4 is 15.8 Å². The average Bonchev–Trinajstić information content (AvgIpc) is 3.28. The number of nitrogens with one attached hydrogen (secondary N) is 2. The fourth-order valence-corrected chi connectivity index (χ4v) is 4.10. The van der Waals surface area contributed by atoms with Crippen LogP contribution in [0.25, 0.3) is 11.0 Å². The maximum atomic E-state index is 12.1. The van der Waals surface area contributed by atoms with Crippen LogP contribution in [0.4, 0.5) is 5.69 Å². The first-order valence-electron chi connectivity index (χ1n) is 10.6. The first kappa shape index (κ1) is 21.0. The summed E-state index contributed by atoms with van der Waals surface area (Å²) in [6.45, 7) is 4.57. The normalized spacial score (nSPS) is 16.3. The van der Waals surface area contributed by atoms with Crippen molar-refractivity contribution in [2.45, 2.75) is 32.4 Å². The molecule has 3 aromatic rings. The Kier molecular flexibility index (Phi) is 5.99. The fourth-order valence-electron chi connectivity index (χ4n) is 4.10. The molecule has 0 bridgehead atoms. The summed E-state index contributed by atoms with van der Waals surface area (Å²) < 4.78 is 0. The molecule has 0 spiro atoms. The lowest BCUT2D eigenvalue weighted by Gasteiger charge is -2.25. The van der Waals surface area contributed by atoms with E-state index in [1.807, 2.05) is 31.3 Å². The van der Waals surface area contributed by atoms with Gasteiger partial charge in [0.15, 0.2) is 0 Å². The lowest BCUT2D eigenvalue weighted by atomic mass is 10.1. The fraction of sp³-hybridized carbons (Fsp3) is 0.391. The highest BCUT2D eigenvalue weighted by Crippen LogP contribution is 2.23. The lowest BCUT2D eigenvalue weighted by molar-refractivity contribution is 0.0958. The predicted octanol–water partition coefficient (Wildman–Crippen LogP) is 1.95. The highest BCUT2D eigenvalue weighted by atomic mass is 16.1. The molecule has 8 heteroatoms. The quantitative estimate of drug-likeness (QED) is 0.633. The second-order valence-electron chi connectivity index (χ2n) is 8.04. The Bertz CT molecular complexity index is 1140. The first-order chi connectivity index (χ1) is 15.0. The van der Waals surface area contributed by atoms with Gasteiger partial charge in [-0.3, -0.25) is 19.5 Å². The predicted molar refractivity (Wildman–Crippen MR) is 121 cm³/mol. The zero-order valence-corrected chi connectivity index (χ0v) is 18.2. The van der Waals surface area contributed by atoms with E-state index in [-0.39, 0.29) is 11.5 Å². The molecule has 162 valence electrons. The number of likely N-dealkylation sites (N-methyl/N-ethyl adjacent to an activating group) is 1. The monoisotopic (exact) mass is 420 g/mol. The van der Waals surface area contributed by atoms with E-state index < -0.39 is 0 Å². The number of fused-ring (bicyclic) bond motifs is 1. The molecule has 2 N–H and O–H groups in total. The zero-order valence-electron chi connectivity index (χ0n) is 18.2. The molecule has 3 aromatic heterocycles. The maximum absolute atomic E-state index is 12.1. The number of anilines is 1. The van der Waals surface area contributed by atoms with Crippen LogP contribution in [-0.4, -0.2) is 59.0 Å². The van der Waals surface area contributed by atoms with Gasteiger partial charge in [-0.2, -0.15) is 0 Å². The smallest absolute Gasteiger partial charge is 0.269 e. The summed E-state index contributed by atoms with van der Waals surface area (Å²) in [6, 6.07) is 8.01. The van der Waals surface area contributed by atoms with Gasteiger partial charge in [-0.15, -0.1) is 0 Å².